The highest BCUT2D eigenvalue weighted by Gasteiger charge is 2.25. The topological polar surface area (TPSA) is 138 Å². The molecule has 0 amide bonds. The number of phenols is 2. The van der Waals surface area contributed by atoms with Crippen LogP contribution in [0.15, 0.2) is 48.5 Å². The second-order valence-electron chi connectivity index (χ2n) is 5.56. The van der Waals surface area contributed by atoms with E-state index in [-0.39, 0.29) is 28.7 Å². The first-order chi connectivity index (χ1) is 12.5. The fourth-order valence-corrected chi connectivity index (χ4v) is 2.55. The van der Waals surface area contributed by atoms with Gasteiger partial charge in [-0.15, -0.1) is 0 Å². The second kappa shape index (κ2) is 6.91. The minimum absolute atomic E-state index is 0.0256. The quantitative estimate of drug-likeness (QED) is 0.383. The van der Waals surface area contributed by atoms with Crippen molar-refractivity contribution < 1.29 is 14.9 Å². The Balaban J connectivity index is 0.000000236. The Kier molecular flexibility index (Phi) is 4.50. The number of aromatic hydroxyl groups is 2. The van der Waals surface area contributed by atoms with Crippen LogP contribution < -0.4 is 16.2 Å². The number of hydrogen-bond acceptors (Lipinski definition) is 7. The molecule has 0 radical (unpaired) electrons. The van der Waals surface area contributed by atoms with E-state index in [1.54, 1.807) is 30.3 Å². The number of nitriles is 1. The summed E-state index contributed by atoms with van der Waals surface area (Å²) in [5.74, 6) is 0.973. The predicted octanol–water partition coefficient (Wildman–Crippen LogP) is 2.91. The Hall–Kier alpha value is -3.92. The number of hydrogen-bond donors (Lipinski definition) is 4. The molecular formula is C19H16N4O3. The van der Waals surface area contributed by atoms with Crippen molar-refractivity contribution in [2.24, 2.45) is 0 Å². The summed E-state index contributed by atoms with van der Waals surface area (Å²) < 4.78 is 5.54. The van der Waals surface area contributed by atoms with Gasteiger partial charge >= 0.3 is 0 Å². The van der Waals surface area contributed by atoms with Crippen LogP contribution in [0.3, 0.4) is 0 Å². The molecule has 0 aliphatic carbocycles. The van der Waals surface area contributed by atoms with Gasteiger partial charge in [0.1, 0.15) is 23.2 Å². The molecule has 4 rings (SSSR count). The van der Waals surface area contributed by atoms with Crippen LogP contribution in [-0.2, 0) is 6.42 Å². The number of pyridine rings is 1. The van der Waals surface area contributed by atoms with E-state index in [1.807, 2.05) is 18.2 Å². The Morgan fingerprint density at radius 1 is 1.04 bits per heavy atom. The van der Waals surface area contributed by atoms with Gasteiger partial charge in [-0.3, -0.25) is 0 Å². The first-order valence-electron chi connectivity index (χ1n) is 7.72. The van der Waals surface area contributed by atoms with Crippen molar-refractivity contribution in [1.82, 2.24) is 4.98 Å². The van der Waals surface area contributed by atoms with E-state index in [0.717, 1.165) is 5.56 Å². The van der Waals surface area contributed by atoms with Gasteiger partial charge < -0.3 is 26.4 Å². The zero-order chi connectivity index (χ0) is 18.7. The third kappa shape index (κ3) is 3.16. The van der Waals surface area contributed by atoms with Crippen molar-refractivity contribution in [3.63, 3.8) is 0 Å². The summed E-state index contributed by atoms with van der Waals surface area (Å²) in [4.78, 5) is 4.03. The highest BCUT2D eigenvalue weighted by Crippen LogP contribution is 2.43. The maximum absolute atomic E-state index is 9.75. The number of phenolic OH excluding ortho intramolecular Hbond substituents is 2. The van der Waals surface area contributed by atoms with E-state index in [0.29, 0.717) is 23.5 Å². The van der Waals surface area contributed by atoms with E-state index in [1.165, 1.54) is 6.07 Å². The first kappa shape index (κ1) is 16.9. The molecule has 1 aliphatic rings. The lowest BCUT2D eigenvalue weighted by Gasteiger charge is -2.22. The zero-order valence-electron chi connectivity index (χ0n) is 13.7. The molecule has 6 N–H and O–H groups in total. The number of anilines is 2. The van der Waals surface area contributed by atoms with E-state index < -0.39 is 0 Å². The number of benzene rings is 2. The molecule has 26 heavy (non-hydrogen) atoms. The average Bonchev–Trinajstić information content (AvgIpc) is 2.63. The molecule has 3 aromatic rings. The van der Waals surface area contributed by atoms with Crippen LogP contribution in [0.5, 0.6) is 23.1 Å². The monoisotopic (exact) mass is 348 g/mol. The summed E-state index contributed by atoms with van der Waals surface area (Å²) in [7, 11) is 0. The lowest BCUT2D eigenvalue weighted by Crippen LogP contribution is -2.11. The van der Waals surface area contributed by atoms with Gasteiger partial charge in [0, 0.05) is 17.5 Å². The van der Waals surface area contributed by atoms with E-state index in [4.69, 9.17) is 26.6 Å². The molecule has 0 spiro atoms. The molecule has 7 heteroatoms. The van der Waals surface area contributed by atoms with Crippen LogP contribution >= 0.6 is 0 Å². The summed E-state index contributed by atoms with van der Waals surface area (Å²) in [5.41, 5.74) is 13.4. The zero-order valence-corrected chi connectivity index (χ0v) is 13.7. The summed E-state index contributed by atoms with van der Waals surface area (Å²) in [6, 6.07) is 15.7. The molecule has 0 fully saturated rings. The van der Waals surface area contributed by atoms with Gasteiger partial charge in [-0.2, -0.15) is 10.2 Å². The molecule has 1 aromatic heterocycles. The second-order valence-corrected chi connectivity index (χ2v) is 5.56. The van der Waals surface area contributed by atoms with Crippen molar-refractivity contribution >= 4 is 11.5 Å². The van der Waals surface area contributed by atoms with Crippen LogP contribution in [0.1, 0.15) is 16.7 Å². The highest BCUT2D eigenvalue weighted by atomic mass is 16.5. The molecule has 1 aliphatic heterocycles. The molecular weight excluding hydrogens is 332 g/mol. The van der Waals surface area contributed by atoms with Crippen LogP contribution in [0.2, 0.25) is 0 Å². The number of aromatic nitrogens is 1. The van der Waals surface area contributed by atoms with Crippen molar-refractivity contribution in [2.45, 2.75) is 6.42 Å². The molecule has 0 saturated heterocycles. The molecule has 2 aromatic carbocycles. The predicted molar refractivity (Wildman–Crippen MR) is 96.9 cm³/mol. The number of ether oxygens (including phenoxy) is 1. The number of rotatable bonds is 0. The fraction of sp³-hybridized carbons (Fsp3) is 0.0526. The van der Waals surface area contributed by atoms with E-state index >= 15 is 0 Å². The van der Waals surface area contributed by atoms with Gasteiger partial charge in [-0.1, -0.05) is 30.3 Å². The average molecular weight is 348 g/mol. The van der Waals surface area contributed by atoms with Crippen LogP contribution in [0.25, 0.3) is 0 Å². The molecule has 130 valence electrons. The Morgan fingerprint density at radius 3 is 2.38 bits per heavy atom. The number of nitrogens with two attached hydrogens (primary N) is 2. The molecule has 0 bridgehead atoms. The molecule has 0 atom stereocenters. The number of nitrogens with zero attached hydrogens (tertiary/aromatic N) is 2. The van der Waals surface area contributed by atoms with Gasteiger partial charge in [-0.25, -0.2) is 0 Å². The summed E-state index contributed by atoms with van der Waals surface area (Å²) >= 11 is 0. The lowest BCUT2D eigenvalue weighted by molar-refractivity contribution is 0.390. The SMILES string of the molecule is N#Cc1c(N)nc2c(c1N)Cc1cccc(O)c1O2.Oc1ccccc1. The third-order valence-corrected chi connectivity index (χ3v) is 3.84. The summed E-state index contributed by atoms with van der Waals surface area (Å²) in [5, 5.41) is 27.4. The fourth-order valence-electron chi connectivity index (χ4n) is 2.55. The highest BCUT2D eigenvalue weighted by molar-refractivity contribution is 5.72. The molecule has 2 heterocycles. The maximum atomic E-state index is 9.75. The van der Waals surface area contributed by atoms with Crippen LogP contribution in [-0.4, -0.2) is 15.2 Å². The Bertz CT molecular complexity index is 998. The Labute approximate surface area is 149 Å². The lowest BCUT2D eigenvalue weighted by atomic mass is 9.99. The van der Waals surface area contributed by atoms with Gasteiger partial charge in [0.05, 0.1) is 5.69 Å². The van der Waals surface area contributed by atoms with Gasteiger partial charge in [0.25, 0.3) is 0 Å². The molecule has 0 unspecified atom stereocenters. The van der Waals surface area contributed by atoms with Crippen molar-refractivity contribution in [3.8, 4) is 29.2 Å². The van der Waals surface area contributed by atoms with Gasteiger partial charge in [0.15, 0.2) is 11.5 Å². The maximum Gasteiger partial charge on any atom is 0.227 e. The largest absolute Gasteiger partial charge is 0.508 e. The van der Waals surface area contributed by atoms with Crippen molar-refractivity contribution in [2.75, 3.05) is 11.5 Å². The summed E-state index contributed by atoms with van der Waals surface area (Å²) in [6.45, 7) is 0. The minimum Gasteiger partial charge on any atom is -0.508 e. The normalized spacial score (nSPS) is 11.0. The standard InChI is InChI=1S/C13H10N4O2.C6H6O/c14-5-8-10(15)7-4-6-2-1-3-9(18)11(6)19-13(7)17-12(8)16;7-6-4-2-1-3-5-6/h1-3,18H,4H2,(H4,15,16,17);1-5,7H. The third-order valence-electron chi connectivity index (χ3n) is 3.84. The first-order valence-corrected chi connectivity index (χ1v) is 7.72. The number of nitrogen functional groups attached to an aromatic ring is 2. The van der Waals surface area contributed by atoms with Crippen LogP contribution in [0, 0.1) is 11.3 Å². The van der Waals surface area contributed by atoms with E-state index in [9.17, 15) is 5.11 Å². The summed E-state index contributed by atoms with van der Waals surface area (Å²) in [6.07, 6.45) is 0.437. The van der Waals surface area contributed by atoms with Crippen molar-refractivity contribution in [1.29, 1.82) is 5.26 Å². The van der Waals surface area contributed by atoms with Crippen LogP contribution in [0.4, 0.5) is 11.5 Å². The number of fused-ring (bicyclic) bond motifs is 2. The van der Waals surface area contributed by atoms with Crippen molar-refractivity contribution in [3.05, 3.63) is 65.2 Å². The van der Waals surface area contributed by atoms with E-state index in [2.05, 4.69) is 4.98 Å². The van der Waals surface area contributed by atoms with Gasteiger partial charge in [0.2, 0.25) is 5.88 Å². The molecule has 7 nitrogen and oxygen atoms in total. The molecule has 0 saturated carbocycles. The smallest absolute Gasteiger partial charge is 0.227 e. The van der Waals surface area contributed by atoms with Gasteiger partial charge in [-0.05, 0) is 18.2 Å². The minimum atomic E-state index is 0.0256. The number of para-hydroxylation sites is 2. The Morgan fingerprint density at radius 2 is 1.77 bits per heavy atom.